The molecule has 1 amide bonds. The van der Waals surface area contributed by atoms with Crippen LogP contribution in [0.5, 0.6) is 0 Å². The summed E-state index contributed by atoms with van der Waals surface area (Å²) < 4.78 is 53.9. The SMILES string of the molecule is O=C(N[C@H]1CCS(=O)(=O)C1)c1ccc(S(=O)(=O)N2CCCC2)o1. The van der Waals surface area contributed by atoms with Crippen molar-refractivity contribution >= 4 is 25.8 Å². The van der Waals surface area contributed by atoms with Crippen LogP contribution in [0.1, 0.15) is 29.8 Å². The summed E-state index contributed by atoms with van der Waals surface area (Å²) >= 11 is 0. The monoisotopic (exact) mass is 362 g/mol. The first-order valence-corrected chi connectivity index (χ1v) is 10.7. The molecule has 23 heavy (non-hydrogen) atoms. The second-order valence-corrected chi connectivity index (χ2v) is 9.90. The maximum atomic E-state index is 12.3. The minimum absolute atomic E-state index is 0.0463. The van der Waals surface area contributed by atoms with E-state index in [9.17, 15) is 21.6 Å². The van der Waals surface area contributed by atoms with Gasteiger partial charge in [0.15, 0.2) is 15.6 Å². The van der Waals surface area contributed by atoms with Crippen LogP contribution >= 0.6 is 0 Å². The molecular weight excluding hydrogens is 344 g/mol. The molecule has 2 aliphatic heterocycles. The first-order valence-electron chi connectivity index (χ1n) is 7.39. The molecule has 2 fully saturated rings. The highest BCUT2D eigenvalue weighted by molar-refractivity contribution is 7.91. The van der Waals surface area contributed by atoms with Gasteiger partial charge in [0.1, 0.15) is 0 Å². The average Bonchev–Trinajstić information content (AvgIpc) is 3.17. The third-order valence-electron chi connectivity index (χ3n) is 4.03. The molecule has 0 aliphatic carbocycles. The van der Waals surface area contributed by atoms with Crippen molar-refractivity contribution in [2.45, 2.75) is 30.4 Å². The van der Waals surface area contributed by atoms with Gasteiger partial charge in [0.05, 0.1) is 11.5 Å². The molecule has 0 aromatic carbocycles. The van der Waals surface area contributed by atoms with Crippen molar-refractivity contribution in [2.24, 2.45) is 0 Å². The molecule has 0 unspecified atom stereocenters. The van der Waals surface area contributed by atoms with Gasteiger partial charge in [0.25, 0.3) is 15.9 Å². The molecule has 0 bridgehead atoms. The van der Waals surface area contributed by atoms with Crippen LogP contribution < -0.4 is 5.32 Å². The maximum Gasteiger partial charge on any atom is 0.287 e. The summed E-state index contributed by atoms with van der Waals surface area (Å²) in [6.45, 7) is 0.898. The Balaban J connectivity index is 1.70. The molecule has 0 saturated carbocycles. The number of nitrogens with zero attached hydrogens (tertiary/aromatic N) is 1. The van der Waals surface area contributed by atoms with E-state index in [0.29, 0.717) is 19.5 Å². The van der Waals surface area contributed by atoms with Gasteiger partial charge in [-0.05, 0) is 31.4 Å². The molecule has 8 nitrogen and oxygen atoms in total. The van der Waals surface area contributed by atoms with Gasteiger partial charge in [-0.1, -0.05) is 0 Å². The number of hydrogen-bond donors (Lipinski definition) is 1. The van der Waals surface area contributed by atoms with Crippen LogP contribution in [0.4, 0.5) is 0 Å². The summed E-state index contributed by atoms with van der Waals surface area (Å²) in [5, 5.41) is 2.30. The number of furan rings is 1. The Bertz CT molecular complexity index is 805. The molecule has 0 radical (unpaired) electrons. The number of nitrogens with one attached hydrogen (secondary N) is 1. The number of carbonyl (C=O) groups excluding carboxylic acids is 1. The highest BCUT2D eigenvalue weighted by Crippen LogP contribution is 2.23. The van der Waals surface area contributed by atoms with Crippen LogP contribution in [0.25, 0.3) is 0 Å². The second kappa shape index (κ2) is 5.91. The summed E-state index contributed by atoms with van der Waals surface area (Å²) in [4.78, 5) is 12.1. The molecule has 1 aromatic heterocycles. The van der Waals surface area contributed by atoms with E-state index in [2.05, 4.69) is 5.32 Å². The van der Waals surface area contributed by atoms with Gasteiger partial charge in [-0.3, -0.25) is 4.79 Å². The molecule has 0 spiro atoms. The zero-order chi connectivity index (χ0) is 16.7. The van der Waals surface area contributed by atoms with Gasteiger partial charge in [-0.25, -0.2) is 16.8 Å². The highest BCUT2D eigenvalue weighted by Gasteiger charge is 2.32. The standard InChI is InChI=1S/C13H18N2O6S2/c16-13(14-10-5-8-22(17,18)9-10)11-3-4-12(21-11)23(19,20)15-6-1-2-7-15/h3-4,10H,1-2,5-9H2,(H,14,16)/t10-/m0/s1. The second-order valence-electron chi connectivity index (χ2n) is 5.80. The van der Waals surface area contributed by atoms with Gasteiger partial charge in [-0.2, -0.15) is 4.31 Å². The topological polar surface area (TPSA) is 114 Å². The Morgan fingerprint density at radius 2 is 1.96 bits per heavy atom. The zero-order valence-electron chi connectivity index (χ0n) is 12.4. The Morgan fingerprint density at radius 3 is 2.57 bits per heavy atom. The molecular formula is C13H18N2O6S2. The smallest absolute Gasteiger partial charge is 0.287 e. The van der Waals surface area contributed by atoms with E-state index in [0.717, 1.165) is 12.8 Å². The Labute approximate surface area is 134 Å². The van der Waals surface area contributed by atoms with Crippen LogP contribution in [0.15, 0.2) is 21.6 Å². The fourth-order valence-electron chi connectivity index (χ4n) is 2.80. The molecule has 3 rings (SSSR count). The lowest BCUT2D eigenvalue weighted by Gasteiger charge is -2.13. The lowest BCUT2D eigenvalue weighted by Crippen LogP contribution is -2.35. The third-order valence-corrected chi connectivity index (χ3v) is 7.57. The van der Waals surface area contributed by atoms with Crippen LogP contribution in [-0.2, 0) is 19.9 Å². The molecule has 10 heteroatoms. The highest BCUT2D eigenvalue weighted by atomic mass is 32.2. The van der Waals surface area contributed by atoms with Crippen molar-refractivity contribution in [1.82, 2.24) is 9.62 Å². The number of rotatable bonds is 4. The molecule has 2 saturated heterocycles. The summed E-state index contributed by atoms with van der Waals surface area (Å²) in [6.07, 6.45) is 1.97. The van der Waals surface area contributed by atoms with Crippen molar-refractivity contribution < 1.29 is 26.0 Å². The number of sulfonamides is 1. The van der Waals surface area contributed by atoms with Crippen molar-refractivity contribution in [3.05, 3.63) is 17.9 Å². The van der Waals surface area contributed by atoms with Crippen molar-refractivity contribution in [3.63, 3.8) is 0 Å². The zero-order valence-corrected chi connectivity index (χ0v) is 14.0. The predicted molar refractivity (Wildman–Crippen MR) is 81.2 cm³/mol. The first-order chi connectivity index (χ1) is 10.8. The van der Waals surface area contributed by atoms with Gasteiger partial charge in [-0.15, -0.1) is 0 Å². The molecule has 2 aliphatic rings. The van der Waals surface area contributed by atoms with E-state index in [1.54, 1.807) is 0 Å². The minimum Gasteiger partial charge on any atom is -0.438 e. The lowest BCUT2D eigenvalue weighted by atomic mass is 10.2. The van der Waals surface area contributed by atoms with Crippen molar-refractivity contribution in [3.8, 4) is 0 Å². The summed E-state index contributed by atoms with van der Waals surface area (Å²) in [5.74, 6) is -0.787. The Kier molecular flexibility index (Phi) is 4.23. The average molecular weight is 362 g/mol. The van der Waals surface area contributed by atoms with Gasteiger partial charge >= 0.3 is 0 Å². The Hall–Kier alpha value is -1.39. The van der Waals surface area contributed by atoms with Gasteiger partial charge in [0.2, 0.25) is 5.09 Å². The van der Waals surface area contributed by atoms with Crippen LogP contribution in [0, 0.1) is 0 Å². The first kappa shape index (κ1) is 16.5. The fraction of sp³-hybridized carbons (Fsp3) is 0.615. The number of amides is 1. The van der Waals surface area contributed by atoms with E-state index in [4.69, 9.17) is 4.42 Å². The maximum absolute atomic E-state index is 12.3. The number of hydrogen-bond acceptors (Lipinski definition) is 6. The molecule has 1 aromatic rings. The summed E-state index contributed by atoms with van der Waals surface area (Å²) in [7, 11) is -6.81. The van der Waals surface area contributed by atoms with Crippen molar-refractivity contribution in [2.75, 3.05) is 24.6 Å². The molecule has 1 atom stereocenters. The van der Waals surface area contributed by atoms with Gasteiger partial charge < -0.3 is 9.73 Å². The van der Waals surface area contributed by atoms with E-state index in [1.807, 2.05) is 0 Å². The largest absolute Gasteiger partial charge is 0.438 e. The van der Waals surface area contributed by atoms with E-state index in [1.165, 1.54) is 16.4 Å². The lowest BCUT2D eigenvalue weighted by molar-refractivity contribution is 0.0907. The van der Waals surface area contributed by atoms with Crippen LogP contribution in [-0.4, -0.2) is 57.7 Å². The number of sulfone groups is 1. The Morgan fingerprint density at radius 1 is 1.26 bits per heavy atom. The minimum atomic E-state index is -3.71. The quantitative estimate of drug-likeness (QED) is 0.805. The summed E-state index contributed by atoms with van der Waals surface area (Å²) in [5.41, 5.74) is 0. The van der Waals surface area contributed by atoms with Crippen LogP contribution in [0.3, 0.4) is 0 Å². The van der Waals surface area contributed by atoms with E-state index in [-0.39, 0.29) is 22.4 Å². The normalized spacial score (nSPS) is 24.8. The molecule has 128 valence electrons. The summed E-state index contributed by atoms with van der Waals surface area (Å²) in [6, 6.07) is 2.09. The van der Waals surface area contributed by atoms with Crippen molar-refractivity contribution in [1.29, 1.82) is 0 Å². The molecule has 1 N–H and O–H groups in total. The third kappa shape index (κ3) is 3.43. The van der Waals surface area contributed by atoms with Gasteiger partial charge in [0, 0.05) is 19.1 Å². The predicted octanol–water partition coefficient (Wildman–Crippen LogP) is -0.0190. The van der Waals surface area contributed by atoms with E-state index >= 15 is 0 Å². The number of carbonyl (C=O) groups is 1. The van der Waals surface area contributed by atoms with Crippen LogP contribution in [0.2, 0.25) is 0 Å². The fourth-order valence-corrected chi connectivity index (χ4v) is 5.90. The molecule has 3 heterocycles. The van der Waals surface area contributed by atoms with E-state index < -0.39 is 31.8 Å².